The Morgan fingerprint density at radius 2 is 1.57 bits per heavy atom. The Kier molecular flexibility index (Phi) is 11.5. The Morgan fingerprint density at radius 3 is 2.09 bits per heavy atom. The zero-order chi connectivity index (χ0) is 32.8. The zero-order valence-corrected chi connectivity index (χ0v) is 25.2. The average Bonchev–Trinajstić information content (AvgIpc) is 2.92. The number of urea groups is 1. The summed E-state index contributed by atoms with van der Waals surface area (Å²) in [6, 6.07) is 7.08. The van der Waals surface area contributed by atoms with Crippen LogP contribution in [-0.2, 0) is 35.0 Å². The summed E-state index contributed by atoms with van der Waals surface area (Å²) in [5.74, 6) is -0.587. The molecule has 2 aromatic carbocycles. The molecule has 1 fully saturated rings. The van der Waals surface area contributed by atoms with E-state index < -0.39 is 47.8 Å². The average molecular weight is 650 g/mol. The van der Waals surface area contributed by atoms with Crippen molar-refractivity contribution in [2.24, 2.45) is 0 Å². The van der Waals surface area contributed by atoms with E-state index in [4.69, 9.17) is 11.6 Å². The number of hydrogen-bond acceptors (Lipinski definition) is 4. The minimum atomic E-state index is -5.04. The van der Waals surface area contributed by atoms with Crippen LogP contribution >= 0.6 is 11.6 Å². The van der Waals surface area contributed by atoms with E-state index in [-0.39, 0.29) is 50.5 Å². The normalized spacial score (nSPS) is 16.0. The van der Waals surface area contributed by atoms with Crippen LogP contribution in [0.3, 0.4) is 0 Å². The molecule has 3 rings (SSSR count). The Balaban J connectivity index is 1.88. The lowest BCUT2D eigenvalue weighted by Gasteiger charge is -2.45. The SMILES string of the molecule is CC(=O)N(Cc1ccc(Cl)cc1)CC1N(CCCN(C)C)C(=O)CCN1C(=O)NCc1cc(C(F)(F)F)cc(C(F)(F)F)c1. The first-order valence-corrected chi connectivity index (χ1v) is 14.1. The number of benzene rings is 2. The molecule has 8 nitrogen and oxygen atoms in total. The van der Waals surface area contributed by atoms with Gasteiger partial charge in [0, 0.05) is 44.5 Å². The van der Waals surface area contributed by atoms with Crippen LogP contribution in [-0.4, -0.2) is 83.9 Å². The second-order valence-electron chi connectivity index (χ2n) is 10.8. The maximum Gasteiger partial charge on any atom is 0.416 e. The van der Waals surface area contributed by atoms with E-state index >= 15 is 0 Å². The second kappa shape index (κ2) is 14.5. The minimum Gasteiger partial charge on any atom is -0.335 e. The predicted octanol–water partition coefficient (Wildman–Crippen LogP) is 5.45. The molecule has 0 saturated carbocycles. The van der Waals surface area contributed by atoms with Crippen molar-refractivity contribution in [2.75, 3.05) is 40.3 Å². The standard InChI is InChI=1S/C29H34ClF6N5O3/c1-19(42)39(17-20-5-7-24(30)8-6-20)18-25-40(11-4-10-38(2)3)26(43)9-12-41(25)27(44)37-16-21-13-22(28(31,32)33)15-23(14-21)29(34,35)36/h5-8,13-15,25H,4,9-12,16-18H2,1-3H3,(H,37,44). The van der Waals surface area contributed by atoms with E-state index in [0.29, 0.717) is 30.1 Å². The molecule has 15 heteroatoms. The quantitative estimate of drug-likeness (QED) is 0.348. The molecule has 1 atom stereocenters. The summed E-state index contributed by atoms with van der Waals surface area (Å²) in [7, 11) is 3.72. The summed E-state index contributed by atoms with van der Waals surface area (Å²) in [5, 5.41) is 2.91. The van der Waals surface area contributed by atoms with Gasteiger partial charge < -0.3 is 24.9 Å². The Hall–Kier alpha value is -3.52. The van der Waals surface area contributed by atoms with Crippen molar-refractivity contribution in [2.45, 2.75) is 51.4 Å². The third-order valence-corrected chi connectivity index (χ3v) is 7.33. The lowest BCUT2D eigenvalue weighted by atomic mass is 10.0. The fourth-order valence-electron chi connectivity index (χ4n) is 4.82. The minimum absolute atomic E-state index is 0.0141. The van der Waals surface area contributed by atoms with E-state index in [1.54, 1.807) is 24.3 Å². The summed E-state index contributed by atoms with van der Waals surface area (Å²) in [6.07, 6.45) is -10.5. The van der Waals surface area contributed by atoms with Gasteiger partial charge >= 0.3 is 18.4 Å². The molecule has 1 heterocycles. The van der Waals surface area contributed by atoms with Crippen molar-refractivity contribution >= 4 is 29.4 Å². The van der Waals surface area contributed by atoms with Crippen LogP contribution in [0.1, 0.15) is 42.0 Å². The van der Waals surface area contributed by atoms with E-state index in [9.17, 15) is 40.7 Å². The number of carbonyl (C=O) groups is 3. The highest BCUT2D eigenvalue weighted by Gasteiger charge is 2.39. The molecule has 4 amide bonds. The lowest BCUT2D eigenvalue weighted by molar-refractivity contribution is -0.146. The molecular weight excluding hydrogens is 616 g/mol. The number of rotatable bonds is 10. The van der Waals surface area contributed by atoms with Crippen LogP contribution in [0.4, 0.5) is 31.1 Å². The van der Waals surface area contributed by atoms with Gasteiger partial charge in [-0.15, -0.1) is 0 Å². The first kappa shape index (κ1) is 35.0. The van der Waals surface area contributed by atoms with Gasteiger partial charge in [0.1, 0.15) is 6.17 Å². The van der Waals surface area contributed by atoms with Crippen molar-refractivity contribution in [3.8, 4) is 0 Å². The fraction of sp³-hybridized carbons (Fsp3) is 0.483. The van der Waals surface area contributed by atoms with Crippen molar-refractivity contribution in [3.63, 3.8) is 0 Å². The third kappa shape index (κ3) is 9.74. The fourth-order valence-corrected chi connectivity index (χ4v) is 4.95. The van der Waals surface area contributed by atoms with Gasteiger partial charge in [0.25, 0.3) is 0 Å². The second-order valence-corrected chi connectivity index (χ2v) is 11.2. The molecule has 1 N–H and O–H groups in total. The number of alkyl halides is 6. The van der Waals surface area contributed by atoms with Gasteiger partial charge in [-0.1, -0.05) is 23.7 Å². The smallest absolute Gasteiger partial charge is 0.335 e. The Labute approximate surface area is 256 Å². The van der Waals surface area contributed by atoms with E-state index in [1.807, 2.05) is 19.0 Å². The molecule has 0 radical (unpaired) electrons. The van der Waals surface area contributed by atoms with E-state index in [2.05, 4.69) is 5.32 Å². The highest BCUT2D eigenvalue weighted by molar-refractivity contribution is 6.30. The molecule has 1 saturated heterocycles. The summed E-state index contributed by atoms with van der Waals surface area (Å²) >= 11 is 5.97. The molecule has 0 bridgehead atoms. The maximum absolute atomic E-state index is 13.4. The summed E-state index contributed by atoms with van der Waals surface area (Å²) in [5.41, 5.74) is -2.65. The number of nitrogens with zero attached hydrogens (tertiary/aromatic N) is 4. The van der Waals surface area contributed by atoms with Crippen molar-refractivity contribution in [1.82, 2.24) is 24.9 Å². The number of hydrogen-bond donors (Lipinski definition) is 1. The lowest BCUT2D eigenvalue weighted by Crippen LogP contribution is -2.63. The van der Waals surface area contributed by atoms with E-state index in [1.165, 1.54) is 21.6 Å². The molecule has 1 aliphatic rings. The first-order valence-electron chi connectivity index (χ1n) is 13.7. The molecule has 0 spiro atoms. The Bertz CT molecular complexity index is 1290. The summed E-state index contributed by atoms with van der Waals surface area (Å²) in [4.78, 5) is 45.3. The topological polar surface area (TPSA) is 76.2 Å². The maximum atomic E-state index is 13.4. The number of nitrogens with one attached hydrogen (secondary N) is 1. The predicted molar refractivity (Wildman–Crippen MR) is 151 cm³/mol. The van der Waals surface area contributed by atoms with Gasteiger partial charge in [-0.3, -0.25) is 9.59 Å². The van der Waals surface area contributed by atoms with E-state index in [0.717, 1.165) is 5.56 Å². The molecule has 44 heavy (non-hydrogen) atoms. The molecule has 242 valence electrons. The van der Waals surface area contributed by atoms with Crippen LogP contribution in [0.2, 0.25) is 5.02 Å². The summed E-state index contributed by atoms with van der Waals surface area (Å²) < 4.78 is 80.0. The van der Waals surface area contributed by atoms with Crippen molar-refractivity contribution in [1.29, 1.82) is 0 Å². The van der Waals surface area contributed by atoms with Crippen LogP contribution in [0, 0.1) is 0 Å². The third-order valence-electron chi connectivity index (χ3n) is 7.08. The highest BCUT2D eigenvalue weighted by Crippen LogP contribution is 2.36. The number of carbonyl (C=O) groups excluding carboxylic acids is 3. The van der Waals surface area contributed by atoms with Crippen LogP contribution < -0.4 is 5.32 Å². The summed E-state index contributed by atoms with van der Waals surface area (Å²) in [6.45, 7) is 1.58. The van der Waals surface area contributed by atoms with Crippen molar-refractivity contribution < 1.29 is 40.7 Å². The van der Waals surface area contributed by atoms with Gasteiger partial charge in [0.05, 0.1) is 17.7 Å². The Morgan fingerprint density at radius 1 is 0.977 bits per heavy atom. The monoisotopic (exact) mass is 649 g/mol. The molecule has 1 aliphatic heterocycles. The van der Waals surface area contributed by atoms with Crippen LogP contribution in [0.5, 0.6) is 0 Å². The molecule has 1 unspecified atom stereocenters. The van der Waals surface area contributed by atoms with Gasteiger partial charge in [-0.05, 0) is 68.5 Å². The first-order chi connectivity index (χ1) is 20.5. The zero-order valence-electron chi connectivity index (χ0n) is 24.4. The van der Waals surface area contributed by atoms with Gasteiger partial charge in [-0.2, -0.15) is 26.3 Å². The van der Waals surface area contributed by atoms with Gasteiger partial charge in [-0.25, -0.2) is 4.79 Å². The van der Waals surface area contributed by atoms with Crippen LogP contribution in [0.15, 0.2) is 42.5 Å². The number of halogens is 7. The van der Waals surface area contributed by atoms with Crippen LogP contribution in [0.25, 0.3) is 0 Å². The largest absolute Gasteiger partial charge is 0.416 e. The molecule has 0 aliphatic carbocycles. The number of amides is 4. The van der Waals surface area contributed by atoms with Crippen molar-refractivity contribution in [3.05, 3.63) is 69.7 Å². The molecule has 0 aromatic heterocycles. The van der Waals surface area contributed by atoms with Gasteiger partial charge in [0.2, 0.25) is 11.8 Å². The molecular formula is C29H34ClF6N5O3. The highest BCUT2D eigenvalue weighted by atomic mass is 35.5. The van der Waals surface area contributed by atoms with Gasteiger partial charge in [0.15, 0.2) is 0 Å². The molecule has 2 aromatic rings.